The highest BCUT2D eigenvalue weighted by molar-refractivity contribution is 7.21. The van der Waals surface area contributed by atoms with Crippen molar-refractivity contribution >= 4 is 54.9 Å². The average Bonchev–Trinajstić information content (AvgIpc) is 1.50. The Morgan fingerprint density at radius 1 is 0.168 bits per heavy atom. The average molecular weight is 1770 g/mol. The van der Waals surface area contributed by atoms with Crippen molar-refractivity contribution in [1.29, 1.82) is 0 Å². The first-order valence-corrected chi connectivity index (χ1v) is 49.9. The van der Waals surface area contributed by atoms with Crippen LogP contribution in [0.1, 0.15) is 194 Å². The van der Waals surface area contributed by atoms with Gasteiger partial charge in [0.1, 0.15) is 11.0 Å². The Morgan fingerprint density at radius 3 is 0.650 bits per heavy atom. The third-order valence-electron chi connectivity index (χ3n) is 33.4. The lowest BCUT2D eigenvalue weighted by atomic mass is 9.68. The van der Waals surface area contributed by atoms with Gasteiger partial charge in [-0.15, -0.1) is 11.3 Å². The van der Waals surface area contributed by atoms with Gasteiger partial charge in [-0.25, -0.2) is 9.97 Å². The second kappa shape index (κ2) is 27.0. The smallest absolute Gasteiger partial charge is 0.109 e. The van der Waals surface area contributed by atoms with E-state index in [1.165, 1.54) is 211 Å². The highest BCUT2D eigenvalue weighted by Gasteiger charge is 2.58. The van der Waals surface area contributed by atoms with Gasteiger partial charge in [-0.3, -0.25) is 0 Å². The first-order valence-electron chi connectivity index (χ1n) is 49.1. The van der Waals surface area contributed by atoms with E-state index < -0.39 is 21.7 Å². The Labute approximate surface area is 804 Å². The Hall–Kier alpha value is -15.0. The van der Waals surface area contributed by atoms with E-state index >= 15 is 0 Å². The Kier molecular flexibility index (Phi) is 15.6. The van der Waals surface area contributed by atoms with Crippen LogP contribution in [0.15, 0.2) is 376 Å². The molecule has 0 fully saturated rings. The fraction of sp³-hybridized carbons (Fsp3) is 0.149. The summed E-state index contributed by atoms with van der Waals surface area (Å²) in [5, 5.41) is 4.37. The molecule has 0 atom stereocenters. The van der Waals surface area contributed by atoms with E-state index in [1.807, 2.05) is 11.3 Å². The molecule has 0 radical (unpaired) electrons. The van der Waals surface area contributed by atoms with Crippen LogP contribution < -0.4 is 0 Å². The van der Waals surface area contributed by atoms with E-state index in [9.17, 15) is 0 Å². The molecular formula is C134H98N2S. The van der Waals surface area contributed by atoms with Crippen molar-refractivity contribution in [2.75, 3.05) is 0 Å². The summed E-state index contributed by atoms with van der Waals surface area (Å²) in [4.78, 5) is 15.6. The first kappa shape index (κ1) is 79.4. The topological polar surface area (TPSA) is 25.8 Å². The summed E-state index contributed by atoms with van der Waals surface area (Å²) in [5.74, 6) is 0. The van der Waals surface area contributed by atoms with Gasteiger partial charge in [0.25, 0.3) is 0 Å². The van der Waals surface area contributed by atoms with Crippen LogP contribution in [0.5, 0.6) is 0 Å². The number of thiophene rings is 1. The zero-order chi connectivity index (χ0) is 92.0. The normalized spacial score (nSPS) is 15.1. The molecule has 8 aliphatic rings. The second-order valence-electron chi connectivity index (χ2n) is 44.2. The van der Waals surface area contributed by atoms with Crippen molar-refractivity contribution in [2.45, 2.75) is 126 Å². The second-order valence-corrected chi connectivity index (χ2v) is 45.2. The first-order chi connectivity index (χ1) is 66.5. The fourth-order valence-corrected chi connectivity index (χ4v) is 28.7. The number of nitrogens with zero attached hydrogens (tertiary/aromatic N) is 2. The van der Waals surface area contributed by atoms with Gasteiger partial charge in [-0.1, -0.05) is 447 Å². The third-order valence-corrected chi connectivity index (χ3v) is 34.6. The maximum Gasteiger partial charge on any atom is 0.109 e. The quantitative estimate of drug-likeness (QED) is 0.164. The molecule has 0 saturated carbocycles. The van der Waals surface area contributed by atoms with E-state index in [0.717, 1.165) is 75.6 Å². The monoisotopic (exact) mass is 1770 g/mol. The van der Waals surface area contributed by atoms with Crippen molar-refractivity contribution in [1.82, 2.24) is 9.97 Å². The predicted octanol–water partition coefficient (Wildman–Crippen LogP) is 34.4. The van der Waals surface area contributed by atoms with Gasteiger partial charge >= 0.3 is 0 Å². The minimum absolute atomic E-state index is 0.124. The summed E-state index contributed by atoms with van der Waals surface area (Å²) in [7, 11) is 0. The Balaban J connectivity index is 0.751. The van der Waals surface area contributed by atoms with Crippen LogP contribution in [0.2, 0.25) is 0 Å². The van der Waals surface area contributed by atoms with E-state index in [2.05, 4.69) is 459 Å². The van der Waals surface area contributed by atoms with E-state index in [1.54, 1.807) is 0 Å². The summed E-state index contributed by atoms with van der Waals surface area (Å²) < 4.78 is 0. The predicted molar refractivity (Wildman–Crippen MR) is 572 cm³/mol. The van der Waals surface area contributed by atoms with Gasteiger partial charge in [-0.05, 0) is 267 Å². The summed E-state index contributed by atoms with van der Waals surface area (Å²) in [5.41, 5.74) is 54.4. The number of benzene rings is 19. The minimum atomic E-state index is -0.672. The molecule has 2 heterocycles. The molecule has 19 aromatic carbocycles. The van der Waals surface area contributed by atoms with Crippen molar-refractivity contribution in [3.8, 4) is 132 Å². The molecule has 21 aromatic rings. The van der Waals surface area contributed by atoms with E-state index in [-0.39, 0.29) is 21.7 Å². The van der Waals surface area contributed by atoms with Crippen LogP contribution in [0, 0.1) is 0 Å². The van der Waals surface area contributed by atoms with Gasteiger partial charge < -0.3 is 0 Å². The maximum absolute atomic E-state index is 6.71. The number of fused-ring (bicyclic) bond motifs is 47. The van der Waals surface area contributed by atoms with Crippen molar-refractivity contribution in [3.05, 3.63) is 487 Å². The Morgan fingerprint density at radius 2 is 0.380 bits per heavy atom. The molecule has 8 aliphatic carbocycles. The number of aromatic nitrogens is 2. The van der Waals surface area contributed by atoms with Crippen LogP contribution in [0.4, 0.5) is 0 Å². The molecule has 3 heteroatoms. The van der Waals surface area contributed by atoms with Crippen LogP contribution in [-0.4, -0.2) is 9.97 Å². The molecule has 29 rings (SSSR count). The largest absolute Gasteiger partial charge is 0.242 e. The molecule has 2 aromatic heterocycles. The molecule has 0 bridgehead atoms. The molecule has 0 saturated heterocycles. The van der Waals surface area contributed by atoms with E-state index in [0.29, 0.717) is 0 Å². The molecule has 0 unspecified atom stereocenters. The molecular weight excluding hydrogens is 1670 g/mol. The van der Waals surface area contributed by atoms with Gasteiger partial charge in [0.2, 0.25) is 0 Å². The molecule has 2 nitrogen and oxygen atoms in total. The highest BCUT2D eigenvalue weighted by atomic mass is 32.1. The van der Waals surface area contributed by atoms with Crippen molar-refractivity contribution in [2.24, 2.45) is 0 Å². The molecule has 0 N–H and O–H groups in total. The van der Waals surface area contributed by atoms with Crippen LogP contribution in [-0.2, 0) is 43.3 Å². The molecule has 137 heavy (non-hydrogen) atoms. The molecule has 650 valence electrons. The van der Waals surface area contributed by atoms with Gasteiger partial charge in [0.05, 0.1) is 42.4 Å². The number of hydrogen-bond donors (Lipinski definition) is 0. The lowest BCUT2D eigenvalue weighted by Crippen LogP contribution is -2.27. The van der Waals surface area contributed by atoms with Crippen molar-refractivity contribution < 1.29 is 0 Å². The van der Waals surface area contributed by atoms with Gasteiger partial charge in [-0.2, -0.15) is 0 Å². The molecule has 0 amide bonds. The van der Waals surface area contributed by atoms with Crippen molar-refractivity contribution in [3.63, 3.8) is 0 Å². The zero-order valence-corrected chi connectivity index (χ0v) is 79.9. The minimum Gasteiger partial charge on any atom is -0.242 e. The summed E-state index contributed by atoms with van der Waals surface area (Å²) in [6.45, 7) is 28.5. The zero-order valence-electron chi connectivity index (χ0n) is 79.1. The standard InChI is InChI=1S/C134H98N2S/c1-127(2,3)77-59-65-89-90-66-60-78(128(4,5)6)72-114(90)133(113(89)71-77)107-51-27-19-39-95(107)119-97(43-31-55-111(119)133)125-123-124(126(137-125)98-44-32-56-112-120(98)96-40-20-28-52-108(96)134(112)115-73-79(129(7,8)9)61-67-91(115)92-68-62-80(74-116(92)134)130(10,11)12)136-122-100-70-76(82-42-30-54-110-118(82)94-38-18-26-50-106(94)132(110)103-47-23-15-35-87(103)88-36-16-24-48-104(88)132)58-64-84(100)83-63-57-75(69-99(83)121(122)135-123)81-41-29-53-109-117(81)93-37-17-25-49-105(93)131(109)101-45-21-13-33-85(101)86-34-14-22-46-102(86)131/h13-74H,1-12H3. The van der Waals surface area contributed by atoms with Crippen LogP contribution in [0.3, 0.4) is 0 Å². The van der Waals surface area contributed by atoms with Gasteiger partial charge in [0, 0.05) is 21.9 Å². The summed E-state index contributed by atoms with van der Waals surface area (Å²) in [6, 6.07) is 148. The Bertz CT molecular complexity index is 8360. The van der Waals surface area contributed by atoms with E-state index in [4.69, 9.17) is 9.97 Å². The highest BCUT2D eigenvalue weighted by Crippen LogP contribution is 2.72. The maximum atomic E-state index is 6.71. The number of rotatable bonds is 4. The van der Waals surface area contributed by atoms with Crippen LogP contribution >= 0.6 is 11.3 Å². The lowest BCUT2D eigenvalue weighted by molar-refractivity contribution is 0.586. The number of hydrogen-bond acceptors (Lipinski definition) is 3. The van der Waals surface area contributed by atoms with Crippen LogP contribution in [0.25, 0.3) is 176 Å². The summed E-state index contributed by atoms with van der Waals surface area (Å²) >= 11 is 1.90. The molecule has 4 spiro atoms. The SMILES string of the molecule is CC(C)(C)c1ccc2c(c1)C1(c3cc(C(C)(C)C)ccc3-2)c2ccccc2-c2c(-c3sc(-c4cccc5c4-c4ccccc4C54c5cc(C(C)(C)C)ccc5-c5ccc(C(C)(C)C)cc54)c4nc5c6cc(-c7cccc8c7-c7ccccc7C87c8ccccc8-c8ccccc87)ccc6c6ccc(-c7cccc8c7-c7ccccc7C87c8ccccc8-c8ccccc87)cc6c5nc34)cccc21. The lowest BCUT2D eigenvalue weighted by Gasteiger charge is -2.33. The van der Waals surface area contributed by atoms with Gasteiger partial charge in [0.15, 0.2) is 0 Å². The fourth-order valence-electron chi connectivity index (χ4n) is 27.5. The molecule has 0 aliphatic heterocycles. The third kappa shape index (κ3) is 9.95. The summed E-state index contributed by atoms with van der Waals surface area (Å²) in [6.07, 6.45) is 0.